The van der Waals surface area contributed by atoms with E-state index in [0.29, 0.717) is 13.1 Å². The summed E-state index contributed by atoms with van der Waals surface area (Å²) in [5.41, 5.74) is 2.51. The van der Waals surface area contributed by atoms with Gasteiger partial charge in [-0.15, -0.1) is 0 Å². The number of rotatable bonds is 6. The molecule has 1 fully saturated rings. The second-order valence-corrected chi connectivity index (χ2v) is 8.56. The van der Waals surface area contributed by atoms with Gasteiger partial charge in [0.1, 0.15) is 38.4 Å². The second-order valence-electron chi connectivity index (χ2n) is 8.56. The molecular formula is C25H33N2O4+. The number of benzene rings is 2. The van der Waals surface area contributed by atoms with Crippen LogP contribution in [0.4, 0.5) is 0 Å². The Morgan fingerprint density at radius 2 is 1.42 bits per heavy atom. The summed E-state index contributed by atoms with van der Waals surface area (Å²) in [5.74, 6) is -2.01. The van der Waals surface area contributed by atoms with Crippen LogP contribution in [0, 0.1) is 0 Å². The average Bonchev–Trinajstić information content (AvgIpc) is 2.93. The molecule has 0 N–H and O–H groups in total. The molecule has 4 rings (SSSR count). The highest BCUT2D eigenvalue weighted by Crippen LogP contribution is 2.39. The smallest absolute Gasteiger partial charge is 0.234 e. The molecule has 6 heteroatoms. The topological polar surface area (TPSA) is 43.2 Å². The van der Waals surface area contributed by atoms with Crippen molar-refractivity contribution < 1.29 is 23.5 Å². The molecule has 6 nitrogen and oxygen atoms in total. The van der Waals surface area contributed by atoms with Gasteiger partial charge in [0.05, 0.1) is 0 Å². The summed E-state index contributed by atoms with van der Waals surface area (Å²) >= 11 is 0. The molecule has 2 heterocycles. The molecule has 0 amide bonds. The Kier molecular flexibility index (Phi) is 6.44. The third kappa shape index (κ3) is 4.67. The fraction of sp³-hybridized carbons (Fsp3) is 0.480. The molecular weight excluding hydrogens is 392 g/mol. The van der Waals surface area contributed by atoms with Crippen LogP contribution in [0.1, 0.15) is 25.0 Å². The van der Waals surface area contributed by atoms with Crippen LogP contribution >= 0.6 is 0 Å². The molecule has 2 aromatic rings. The van der Waals surface area contributed by atoms with Crippen LogP contribution in [-0.4, -0.2) is 66.9 Å². The van der Waals surface area contributed by atoms with Crippen molar-refractivity contribution >= 4 is 6.34 Å². The van der Waals surface area contributed by atoms with Crippen LogP contribution in [0.2, 0.25) is 0 Å². The number of nitrogens with zero attached hydrogens (tertiary/aromatic N) is 2. The fourth-order valence-electron chi connectivity index (χ4n) is 4.35. The van der Waals surface area contributed by atoms with E-state index < -0.39 is 11.6 Å². The molecule has 31 heavy (non-hydrogen) atoms. The van der Waals surface area contributed by atoms with Gasteiger partial charge in [-0.05, 0) is 25.0 Å². The van der Waals surface area contributed by atoms with Crippen molar-refractivity contribution in [3.8, 4) is 0 Å². The zero-order chi connectivity index (χ0) is 21.9. The molecule has 0 unspecified atom stereocenters. The lowest BCUT2D eigenvalue weighted by Crippen LogP contribution is -2.67. The third-order valence-corrected chi connectivity index (χ3v) is 6.38. The van der Waals surface area contributed by atoms with Gasteiger partial charge in [0.15, 0.2) is 0 Å². The Morgan fingerprint density at radius 1 is 0.871 bits per heavy atom. The van der Waals surface area contributed by atoms with Crippen molar-refractivity contribution in [3.05, 3.63) is 71.8 Å². The number of hydrogen-bond acceptors (Lipinski definition) is 5. The van der Waals surface area contributed by atoms with Crippen LogP contribution < -0.4 is 0 Å². The first-order valence-electron chi connectivity index (χ1n) is 10.8. The summed E-state index contributed by atoms with van der Waals surface area (Å²) in [6, 6.07) is 21.0. The second kappa shape index (κ2) is 9.09. The van der Waals surface area contributed by atoms with Gasteiger partial charge in [0, 0.05) is 14.2 Å². The Hall–Kier alpha value is -2.25. The highest BCUT2D eigenvalue weighted by molar-refractivity contribution is 5.50. The minimum absolute atomic E-state index is 0.158. The predicted molar refractivity (Wildman–Crippen MR) is 119 cm³/mol. The Balaban J connectivity index is 1.62. The van der Waals surface area contributed by atoms with E-state index in [0.717, 1.165) is 13.1 Å². The number of methoxy groups -OCH3 is 2. The highest BCUT2D eigenvalue weighted by Gasteiger charge is 2.58. The SMILES string of the molecule is CO[C@]1(C)O[C@@H]2CN(Cc3ccccc3)C=[N+](Cc3ccccc3)C[C@H]2O[C@@]1(C)OC. The van der Waals surface area contributed by atoms with Gasteiger partial charge in [-0.1, -0.05) is 60.7 Å². The van der Waals surface area contributed by atoms with Crippen LogP contribution in [0.5, 0.6) is 0 Å². The first kappa shape index (κ1) is 22.0. The highest BCUT2D eigenvalue weighted by atomic mass is 16.8. The van der Waals surface area contributed by atoms with Gasteiger partial charge in [0.25, 0.3) is 0 Å². The van der Waals surface area contributed by atoms with Gasteiger partial charge in [0.2, 0.25) is 17.9 Å². The van der Waals surface area contributed by atoms with Crippen molar-refractivity contribution in [1.29, 1.82) is 0 Å². The van der Waals surface area contributed by atoms with Crippen LogP contribution in [0.25, 0.3) is 0 Å². The van der Waals surface area contributed by atoms with Gasteiger partial charge >= 0.3 is 0 Å². The summed E-state index contributed by atoms with van der Waals surface area (Å²) in [6.45, 7) is 6.75. The summed E-state index contributed by atoms with van der Waals surface area (Å²) in [4.78, 5) is 2.30. The molecule has 2 aromatic carbocycles. The van der Waals surface area contributed by atoms with Crippen molar-refractivity contribution in [2.45, 2.75) is 50.7 Å². The molecule has 0 aliphatic carbocycles. The molecule has 0 saturated carbocycles. The van der Waals surface area contributed by atoms with Crippen molar-refractivity contribution in [2.24, 2.45) is 0 Å². The zero-order valence-corrected chi connectivity index (χ0v) is 18.9. The molecule has 2 aliphatic rings. The normalized spacial score (nSPS) is 31.0. The number of fused-ring (bicyclic) bond motifs is 1. The molecule has 0 aromatic heterocycles. The van der Waals surface area contributed by atoms with Crippen LogP contribution in [-0.2, 0) is 32.0 Å². The standard InChI is InChI=1S/C25H33N2O4/c1-24(28-3)25(2,29-4)31-23-18-27(16-21-13-9-6-10-14-21)19-26(17-22(23)30-24)15-20-11-7-5-8-12-20/h5-14,19,22-23H,15-18H2,1-4H3/q+1/t22-,23-,24-,25-/m1/s1. The lowest BCUT2D eigenvalue weighted by molar-refractivity contribution is -0.565. The van der Waals surface area contributed by atoms with Gasteiger partial charge in [-0.3, -0.25) is 9.48 Å². The maximum absolute atomic E-state index is 6.52. The van der Waals surface area contributed by atoms with E-state index >= 15 is 0 Å². The Labute approximate surface area is 185 Å². The first-order chi connectivity index (χ1) is 14.9. The number of hydrogen-bond donors (Lipinski definition) is 0. The molecule has 166 valence electrons. The maximum Gasteiger partial charge on any atom is 0.234 e. The Morgan fingerprint density at radius 3 is 2.00 bits per heavy atom. The van der Waals surface area contributed by atoms with Crippen molar-refractivity contribution in [3.63, 3.8) is 0 Å². The van der Waals surface area contributed by atoms with E-state index in [9.17, 15) is 0 Å². The lowest BCUT2D eigenvalue weighted by atomic mass is 10.0. The number of ether oxygens (including phenoxy) is 4. The molecule has 2 aliphatic heterocycles. The predicted octanol–water partition coefficient (Wildman–Crippen LogP) is 3.25. The quantitative estimate of drug-likeness (QED) is 0.665. The summed E-state index contributed by atoms with van der Waals surface area (Å²) in [6.07, 6.45) is 1.89. The fourth-order valence-corrected chi connectivity index (χ4v) is 4.35. The van der Waals surface area contributed by atoms with Gasteiger partial charge < -0.3 is 18.9 Å². The zero-order valence-electron chi connectivity index (χ0n) is 18.9. The molecule has 1 saturated heterocycles. The minimum atomic E-state index is -1.00. The molecule has 0 bridgehead atoms. The Bertz CT molecular complexity index is 891. The van der Waals surface area contributed by atoms with Gasteiger partial charge in [-0.2, -0.15) is 0 Å². The van der Waals surface area contributed by atoms with Crippen molar-refractivity contribution in [1.82, 2.24) is 4.90 Å². The molecule has 4 atom stereocenters. The monoisotopic (exact) mass is 425 g/mol. The first-order valence-corrected chi connectivity index (χ1v) is 10.8. The van der Waals surface area contributed by atoms with E-state index in [1.807, 2.05) is 26.0 Å². The van der Waals surface area contributed by atoms with E-state index in [1.165, 1.54) is 11.1 Å². The average molecular weight is 426 g/mol. The molecule has 0 spiro atoms. The van der Waals surface area contributed by atoms with Crippen LogP contribution in [0.3, 0.4) is 0 Å². The summed E-state index contributed by atoms with van der Waals surface area (Å²) in [7, 11) is 3.26. The van der Waals surface area contributed by atoms with E-state index in [2.05, 4.69) is 64.3 Å². The van der Waals surface area contributed by atoms with Crippen molar-refractivity contribution in [2.75, 3.05) is 27.3 Å². The molecule has 0 radical (unpaired) electrons. The maximum atomic E-state index is 6.52. The summed E-state index contributed by atoms with van der Waals surface area (Å²) < 4.78 is 26.8. The third-order valence-electron chi connectivity index (χ3n) is 6.38. The largest absolute Gasteiger partial charge is 0.349 e. The van der Waals surface area contributed by atoms with E-state index in [-0.39, 0.29) is 12.2 Å². The lowest BCUT2D eigenvalue weighted by Gasteiger charge is -2.51. The van der Waals surface area contributed by atoms with E-state index in [4.69, 9.17) is 18.9 Å². The minimum Gasteiger partial charge on any atom is -0.349 e. The van der Waals surface area contributed by atoms with Crippen LogP contribution in [0.15, 0.2) is 60.7 Å². The van der Waals surface area contributed by atoms with Gasteiger partial charge in [-0.25, -0.2) is 0 Å². The van der Waals surface area contributed by atoms with E-state index in [1.54, 1.807) is 14.2 Å². The summed E-state index contributed by atoms with van der Waals surface area (Å²) in [5, 5.41) is 0.